The van der Waals surface area contributed by atoms with Gasteiger partial charge in [0.25, 0.3) is 5.91 Å². The minimum atomic E-state index is -4.71. The van der Waals surface area contributed by atoms with Crippen LogP contribution in [0.5, 0.6) is 5.75 Å². The third-order valence-electron chi connectivity index (χ3n) is 6.84. The summed E-state index contributed by atoms with van der Waals surface area (Å²) in [5.74, 6) is 1.13. The number of aliphatic imine (C=N–C) groups is 2. The quantitative estimate of drug-likeness (QED) is 0.669. The van der Waals surface area contributed by atoms with Crippen molar-refractivity contribution in [1.82, 2.24) is 4.90 Å². The average molecular weight is 443 g/mol. The molecule has 1 amide bonds. The maximum absolute atomic E-state index is 13.1. The van der Waals surface area contributed by atoms with Gasteiger partial charge in [0.1, 0.15) is 17.3 Å². The molecule has 0 spiro atoms. The van der Waals surface area contributed by atoms with Crippen molar-refractivity contribution in [2.24, 2.45) is 27.7 Å². The molecule has 0 bridgehead atoms. The maximum atomic E-state index is 13.1. The number of likely N-dealkylation sites (tertiary alicyclic amines) is 1. The van der Waals surface area contributed by atoms with E-state index in [1.54, 1.807) is 24.4 Å². The van der Waals surface area contributed by atoms with E-state index in [0.717, 1.165) is 25.7 Å². The van der Waals surface area contributed by atoms with Gasteiger partial charge in [0.05, 0.1) is 0 Å². The number of hydrogen-bond acceptors (Lipinski definition) is 4. The van der Waals surface area contributed by atoms with Gasteiger partial charge < -0.3 is 9.64 Å². The molecule has 1 aromatic rings. The Morgan fingerprint density at radius 2 is 1.88 bits per heavy atom. The summed E-state index contributed by atoms with van der Waals surface area (Å²) in [5.41, 5.74) is 1.06. The molecular weight excluding hydrogens is 419 g/mol. The Bertz CT molecular complexity index is 1010. The van der Waals surface area contributed by atoms with Crippen molar-refractivity contribution in [2.75, 3.05) is 13.1 Å². The van der Waals surface area contributed by atoms with Crippen molar-refractivity contribution in [3.63, 3.8) is 0 Å². The number of alkyl halides is 3. The average Bonchev–Trinajstić information content (AvgIpc) is 3.40. The van der Waals surface area contributed by atoms with Crippen LogP contribution in [0.25, 0.3) is 0 Å². The van der Waals surface area contributed by atoms with Gasteiger partial charge in [-0.2, -0.15) is 0 Å². The molecule has 0 N–H and O–H groups in total. The lowest BCUT2D eigenvalue weighted by molar-refractivity contribution is -0.275. The van der Waals surface area contributed by atoms with Crippen LogP contribution in [0.4, 0.5) is 13.2 Å². The van der Waals surface area contributed by atoms with Crippen LogP contribution in [0.3, 0.4) is 0 Å². The van der Waals surface area contributed by atoms with Crippen LogP contribution in [0.15, 0.2) is 58.2 Å². The minimum absolute atomic E-state index is 0.00366. The molecule has 2 unspecified atom stereocenters. The smallest absolute Gasteiger partial charge is 0.405 e. The van der Waals surface area contributed by atoms with E-state index in [1.165, 1.54) is 6.07 Å². The van der Waals surface area contributed by atoms with Gasteiger partial charge in [0.2, 0.25) is 0 Å². The summed E-state index contributed by atoms with van der Waals surface area (Å²) in [7, 11) is 0. The molecule has 1 saturated carbocycles. The molecule has 5 rings (SSSR count). The van der Waals surface area contributed by atoms with Gasteiger partial charge in [-0.1, -0.05) is 24.3 Å². The second-order valence-corrected chi connectivity index (χ2v) is 8.90. The van der Waals surface area contributed by atoms with Crippen LogP contribution >= 0.6 is 0 Å². The summed E-state index contributed by atoms with van der Waals surface area (Å²) in [5, 5.41) is 0. The Balaban J connectivity index is 1.24. The zero-order chi connectivity index (χ0) is 22.3. The van der Waals surface area contributed by atoms with E-state index in [9.17, 15) is 18.0 Å². The molecule has 1 aromatic carbocycles. The van der Waals surface area contributed by atoms with E-state index < -0.39 is 6.36 Å². The number of carbonyl (C=O) groups excluding carboxylic acids is 1. The molecule has 3 heterocycles. The molecule has 0 aromatic heterocycles. The van der Waals surface area contributed by atoms with E-state index in [-0.39, 0.29) is 35.3 Å². The number of rotatable bonds is 3. The van der Waals surface area contributed by atoms with Crippen LogP contribution in [0.2, 0.25) is 0 Å². The number of carbonyl (C=O) groups is 1. The van der Waals surface area contributed by atoms with Gasteiger partial charge in [0, 0.05) is 25.2 Å². The van der Waals surface area contributed by atoms with Gasteiger partial charge in [0.15, 0.2) is 0 Å². The van der Waals surface area contributed by atoms with E-state index in [0.29, 0.717) is 30.2 Å². The zero-order valence-electron chi connectivity index (χ0n) is 17.5. The number of fused-ring (bicyclic) bond motifs is 2. The SMILES string of the molecule is O=C(C1=CC2CC/C=C\C=NC2=N1)N1C[C@H]2CC(c3ccccc3OC(F)(F)F)C[C@H]2C1. The number of ether oxygens (including phenoxy) is 1. The first-order chi connectivity index (χ1) is 15.4. The van der Waals surface area contributed by atoms with Gasteiger partial charge >= 0.3 is 6.36 Å². The molecule has 2 fully saturated rings. The first kappa shape index (κ1) is 21.0. The van der Waals surface area contributed by atoms with Crippen LogP contribution in [0.1, 0.15) is 37.2 Å². The fraction of sp³-hybridized carbons (Fsp3) is 0.458. The predicted octanol–water partition coefficient (Wildman–Crippen LogP) is 4.87. The number of para-hydroxylation sites is 1. The Hall–Kier alpha value is -2.90. The Kier molecular flexibility index (Phi) is 5.39. The summed E-state index contributed by atoms with van der Waals surface area (Å²) in [6, 6.07) is 6.40. The number of allylic oxidation sites excluding steroid dienone is 2. The van der Waals surface area contributed by atoms with Crippen LogP contribution in [0, 0.1) is 17.8 Å². The lowest BCUT2D eigenvalue weighted by Crippen LogP contribution is -2.30. The van der Waals surface area contributed by atoms with Crippen LogP contribution in [-0.2, 0) is 4.79 Å². The fourth-order valence-electron chi connectivity index (χ4n) is 5.43. The number of amidine groups is 1. The lowest BCUT2D eigenvalue weighted by Gasteiger charge is -2.21. The Labute approximate surface area is 184 Å². The molecule has 0 radical (unpaired) electrons. The normalized spacial score (nSPS) is 30.2. The third kappa shape index (κ3) is 4.23. The standard InChI is InChI=1S/C24H24F3N3O2/c25-24(26,27)32-21-8-4-3-7-19(21)16-10-17-13-30(14-18(17)11-16)23(31)20-12-15-6-2-1-5-9-28-22(15)29-20/h1,3-5,7-9,12,15-18H,2,6,10-11,13-14H2/b5-1-,28-9?/t15?,16?,17-,18+. The van der Waals surface area contributed by atoms with Gasteiger partial charge in [-0.15, -0.1) is 13.2 Å². The second kappa shape index (κ2) is 8.22. The molecule has 5 nitrogen and oxygen atoms in total. The first-order valence-corrected chi connectivity index (χ1v) is 11.0. The molecule has 8 heteroatoms. The monoisotopic (exact) mass is 443 g/mol. The van der Waals surface area contributed by atoms with E-state index >= 15 is 0 Å². The Morgan fingerprint density at radius 3 is 2.62 bits per heavy atom. The summed E-state index contributed by atoms with van der Waals surface area (Å²) in [6.45, 7) is 1.22. The van der Waals surface area contributed by atoms with Crippen molar-refractivity contribution in [3.05, 3.63) is 53.8 Å². The van der Waals surface area contributed by atoms with Gasteiger partial charge in [-0.3, -0.25) is 4.79 Å². The molecule has 4 aliphatic rings. The van der Waals surface area contributed by atoms with E-state index in [4.69, 9.17) is 0 Å². The van der Waals surface area contributed by atoms with Gasteiger partial charge in [-0.05, 0) is 67.2 Å². The lowest BCUT2D eigenvalue weighted by atomic mass is 9.95. The van der Waals surface area contributed by atoms with E-state index in [2.05, 4.69) is 20.8 Å². The zero-order valence-corrected chi connectivity index (χ0v) is 17.5. The van der Waals surface area contributed by atoms with Gasteiger partial charge in [-0.25, -0.2) is 9.98 Å². The first-order valence-electron chi connectivity index (χ1n) is 11.0. The van der Waals surface area contributed by atoms with Crippen molar-refractivity contribution >= 4 is 18.0 Å². The number of benzene rings is 1. The van der Waals surface area contributed by atoms with Crippen LogP contribution < -0.4 is 4.74 Å². The maximum Gasteiger partial charge on any atom is 0.573 e. The molecule has 4 atom stereocenters. The molecule has 1 aliphatic carbocycles. The third-order valence-corrected chi connectivity index (χ3v) is 6.84. The number of nitrogens with zero attached hydrogens (tertiary/aromatic N) is 3. The molecular formula is C24H24F3N3O2. The topological polar surface area (TPSA) is 54.3 Å². The highest BCUT2D eigenvalue weighted by Gasteiger charge is 2.44. The highest BCUT2D eigenvalue weighted by Crippen LogP contribution is 2.49. The van der Waals surface area contributed by atoms with Crippen molar-refractivity contribution in [2.45, 2.75) is 38.0 Å². The summed E-state index contributed by atoms with van der Waals surface area (Å²) < 4.78 is 42.6. The molecule has 32 heavy (non-hydrogen) atoms. The molecule has 1 saturated heterocycles. The number of amides is 1. The highest BCUT2D eigenvalue weighted by molar-refractivity contribution is 6.04. The Morgan fingerprint density at radius 1 is 1.12 bits per heavy atom. The van der Waals surface area contributed by atoms with Crippen LogP contribution in [-0.4, -0.2) is 42.3 Å². The highest BCUT2D eigenvalue weighted by atomic mass is 19.4. The number of halogens is 3. The predicted molar refractivity (Wildman–Crippen MR) is 115 cm³/mol. The second-order valence-electron chi connectivity index (χ2n) is 8.90. The molecule has 3 aliphatic heterocycles. The van der Waals surface area contributed by atoms with Crippen molar-refractivity contribution in [3.8, 4) is 5.75 Å². The molecule has 168 valence electrons. The largest absolute Gasteiger partial charge is 0.573 e. The number of hydrogen-bond donors (Lipinski definition) is 0. The summed E-state index contributed by atoms with van der Waals surface area (Å²) >= 11 is 0. The van der Waals surface area contributed by atoms with Crippen molar-refractivity contribution < 1.29 is 22.7 Å². The minimum Gasteiger partial charge on any atom is -0.405 e. The summed E-state index contributed by atoms with van der Waals surface area (Å²) in [4.78, 5) is 23.8. The van der Waals surface area contributed by atoms with E-state index in [1.807, 2.05) is 17.1 Å². The van der Waals surface area contributed by atoms with Crippen molar-refractivity contribution in [1.29, 1.82) is 0 Å². The summed E-state index contributed by atoms with van der Waals surface area (Å²) in [6.07, 6.45) is 6.19. The fourth-order valence-corrected chi connectivity index (χ4v) is 5.43.